The van der Waals surface area contributed by atoms with Crippen molar-refractivity contribution in [3.8, 4) is 17.3 Å². The first kappa shape index (κ1) is 19.4. The Morgan fingerprint density at radius 3 is 2.88 bits per heavy atom. The van der Waals surface area contributed by atoms with Gasteiger partial charge in [-0.1, -0.05) is 24.3 Å². The summed E-state index contributed by atoms with van der Waals surface area (Å²) in [6.45, 7) is 5.30. The normalized spacial score (nSPS) is 23.5. The number of aromatic nitrogens is 4. The summed E-state index contributed by atoms with van der Waals surface area (Å²) >= 11 is 0. The number of ether oxygens (including phenoxy) is 1. The fourth-order valence-electron chi connectivity index (χ4n) is 5.44. The Balaban J connectivity index is 1.25. The van der Waals surface area contributed by atoms with Crippen LogP contribution in [0.3, 0.4) is 0 Å². The maximum atomic E-state index is 6.12. The second-order valence-electron chi connectivity index (χ2n) is 9.86. The van der Waals surface area contributed by atoms with Crippen LogP contribution in [0.1, 0.15) is 37.8 Å². The number of likely N-dealkylation sites (tertiary alicyclic amines) is 1. The molecule has 5 heterocycles. The van der Waals surface area contributed by atoms with Gasteiger partial charge in [0.05, 0.1) is 6.61 Å². The van der Waals surface area contributed by atoms with Gasteiger partial charge in [-0.3, -0.25) is 9.30 Å². The zero-order chi connectivity index (χ0) is 21.9. The van der Waals surface area contributed by atoms with Crippen molar-refractivity contribution in [3.63, 3.8) is 0 Å². The predicted octanol–water partition coefficient (Wildman–Crippen LogP) is 3.84. The molecule has 0 spiro atoms. The average molecular weight is 441 g/mol. The molecule has 3 fully saturated rings. The molecule has 0 radical (unpaired) electrons. The monoisotopic (exact) mass is 440 g/mol. The molecule has 33 heavy (non-hydrogen) atoms. The SMILES string of the molecule is C[C@H](c1ccc2nnc(-c3ccc4cccc(OCC5CC5)c4n3)n2c1)N1C[C@@H]2C[C@H]1CN2. The van der Waals surface area contributed by atoms with Gasteiger partial charge in [-0.05, 0) is 55.9 Å². The fraction of sp³-hybridized carbons (Fsp3) is 0.423. The van der Waals surface area contributed by atoms with Crippen molar-refractivity contribution in [1.82, 2.24) is 29.8 Å². The summed E-state index contributed by atoms with van der Waals surface area (Å²) in [5, 5.41) is 13.6. The van der Waals surface area contributed by atoms with Gasteiger partial charge < -0.3 is 10.1 Å². The Morgan fingerprint density at radius 2 is 2.06 bits per heavy atom. The Kier molecular flexibility index (Phi) is 4.42. The van der Waals surface area contributed by atoms with E-state index >= 15 is 0 Å². The zero-order valence-corrected chi connectivity index (χ0v) is 18.8. The molecule has 0 unspecified atom stereocenters. The minimum atomic E-state index is 0.355. The molecule has 1 N–H and O–H groups in total. The van der Waals surface area contributed by atoms with Gasteiger partial charge in [0.25, 0.3) is 0 Å². The van der Waals surface area contributed by atoms with Crippen molar-refractivity contribution >= 4 is 16.6 Å². The minimum absolute atomic E-state index is 0.355. The number of hydrogen-bond acceptors (Lipinski definition) is 6. The molecule has 1 saturated carbocycles. The van der Waals surface area contributed by atoms with E-state index in [1.54, 1.807) is 0 Å². The number of pyridine rings is 2. The third kappa shape index (κ3) is 3.38. The number of benzene rings is 1. The van der Waals surface area contributed by atoms with Crippen molar-refractivity contribution in [2.24, 2.45) is 5.92 Å². The molecular weight excluding hydrogens is 412 g/mol. The number of piperazine rings is 1. The van der Waals surface area contributed by atoms with Crippen LogP contribution in [0.4, 0.5) is 0 Å². The average Bonchev–Trinajstić information content (AvgIpc) is 3.23. The van der Waals surface area contributed by atoms with Gasteiger partial charge in [0.1, 0.15) is 17.0 Å². The van der Waals surface area contributed by atoms with E-state index in [1.807, 2.05) is 18.2 Å². The van der Waals surface area contributed by atoms with E-state index in [0.29, 0.717) is 24.0 Å². The molecule has 2 aliphatic heterocycles. The van der Waals surface area contributed by atoms with E-state index in [4.69, 9.17) is 9.72 Å². The van der Waals surface area contributed by atoms with Crippen molar-refractivity contribution in [3.05, 3.63) is 54.2 Å². The summed E-state index contributed by atoms with van der Waals surface area (Å²) in [7, 11) is 0. The number of nitrogens with zero attached hydrogens (tertiary/aromatic N) is 5. The minimum Gasteiger partial charge on any atom is -0.491 e. The molecule has 168 valence electrons. The third-order valence-corrected chi connectivity index (χ3v) is 7.59. The van der Waals surface area contributed by atoms with Gasteiger partial charge >= 0.3 is 0 Å². The number of para-hydroxylation sites is 1. The van der Waals surface area contributed by atoms with Crippen LogP contribution in [0.2, 0.25) is 0 Å². The second kappa shape index (κ2) is 7.50. The summed E-state index contributed by atoms with van der Waals surface area (Å²) < 4.78 is 8.20. The highest BCUT2D eigenvalue weighted by atomic mass is 16.5. The Labute approximate surface area is 192 Å². The van der Waals surface area contributed by atoms with E-state index in [0.717, 1.165) is 53.5 Å². The Morgan fingerprint density at radius 1 is 1.12 bits per heavy atom. The summed E-state index contributed by atoms with van der Waals surface area (Å²) in [6.07, 6.45) is 5.99. The lowest BCUT2D eigenvalue weighted by molar-refractivity contribution is 0.170. The quantitative estimate of drug-likeness (QED) is 0.491. The lowest BCUT2D eigenvalue weighted by atomic mass is 10.1. The molecule has 3 atom stereocenters. The van der Waals surface area contributed by atoms with Crippen LogP contribution in [-0.4, -0.2) is 56.3 Å². The van der Waals surface area contributed by atoms with Gasteiger partial charge in [0, 0.05) is 42.8 Å². The molecule has 7 heteroatoms. The predicted molar refractivity (Wildman–Crippen MR) is 127 cm³/mol. The first-order chi connectivity index (χ1) is 16.2. The number of nitrogens with one attached hydrogen (secondary N) is 1. The lowest BCUT2D eigenvalue weighted by Gasteiger charge is -2.33. The van der Waals surface area contributed by atoms with Crippen LogP contribution < -0.4 is 10.1 Å². The molecule has 2 saturated heterocycles. The van der Waals surface area contributed by atoms with Crippen LogP contribution in [0, 0.1) is 5.92 Å². The molecule has 7 nitrogen and oxygen atoms in total. The molecule has 1 aromatic carbocycles. The number of hydrogen-bond donors (Lipinski definition) is 1. The van der Waals surface area contributed by atoms with E-state index < -0.39 is 0 Å². The molecule has 2 bridgehead atoms. The fourth-order valence-corrected chi connectivity index (χ4v) is 5.44. The number of fused-ring (bicyclic) bond motifs is 4. The van der Waals surface area contributed by atoms with E-state index in [1.165, 1.54) is 24.8 Å². The highest BCUT2D eigenvalue weighted by molar-refractivity contribution is 5.86. The van der Waals surface area contributed by atoms with Crippen molar-refractivity contribution in [2.45, 2.75) is 44.3 Å². The van der Waals surface area contributed by atoms with Gasteiger partial charge in [-0.15, -0.1) is 10.2 Å². The van der Waals surface area contributed by atoms with E-state index in [9.17, 15) is 0 Å². The van der Waals surface area contributed by atoms with Crippen LogP contribution in [0.5, 0.6) is 5.75 Å². The maximum absolute atomic E-state index is 6.12. The first-order valence-electron chi connectivity index (χ1n) is 12.1. The summed E-state index contributed by atoms with van der Waals surface area (Å²) in [5.41, 5.74) is 3.82. The maximum Gasteiger partial charge on any atom is 0.187 e. The molecule has 3 aromatic heterocycles. The molecule has 1 aliphatic carbocycles. The topological polar surface area (TPSA) is 67.6 Å². The molecule has 4 aromatic rings. The molecule has 7 rings (SSSR count). The van der Waals surface area contributed by atoms with Crippen LogP contribution in [0.25, 0.3) is 28.1 Å². The summed E-state index contributed by atoms with van der Waals surface area (Å²) in [5.74, 6) is 2.32. The second-order valence-corrected chi connectivity index (χ2v) is 9.86. The van der Waals surface area contributed by atoms with Gasteiger partial charge in [-0.2, -0.15) is 0 Å². The smallest absolute Gasteiger partial charge is 0.187 e. The number of rotatable bonds is 6. The molecular formula is C26H28N6O. The highest BCUT2D eigenvalue weighted by Crippen LogP contribution is 2.34. The Hall–Kier alpha value is -3.03. The van der Waals surface area contributed by atoms with E-state index in [-0.39, 0.29) is 0 Å². The lowest BCUT2D eigenvalue weighted by Crippen LogP contribution is -2.44. The summed E-state index contributed by atoms with van der Waals surface area (Å²) in [6, 6.07) is 16.2. The van der Waals surface area contributed by atoms with Crippen LogP contribution in [0.15, 0.2) is 48.7 Å². The highest BCUT2D eigenvalue weighted by Gasteiger charge is 2.40. The third-order valence-electron chi connectivity index (χ3n) is 7.59. The van der Waals surface area contributed by atoms with Gasteiger partial charge in [-0.25, -0.2) is 4.98 Å². The van der Waals surface area contributed by atoms with Gasteiger partial charge in [0.2, 0.25) is 0 Å². The molecule has 3 aliphatic rings. The van der Waals surface area contributed by atoms with Crippen LogP contribution in [-0.2, 0) is 0 Å². The van der Waals surface area contributed by atoms with Gasteiger partial charge in [0.15, 0.2) is 11.5 Å². The van der Waals surface area contributed by atoms with E-state index in [2.05, 4.69) is 62.2 Å². The Bertz CT molecular complexity index is 1350. The molecule has 0 amide bonds. The largest absolute Gasteiger partial charge is 0.491 e. The van der Waals surface area contributed by atoms with Crippen LogP contribution >= 0.6 is 0 Å². The van der Waals surface area contributed by atoms with Crippen molar-refractivity contribution in [1.29, 1.82) is 0 Å². The zero-order valence-electron chi connectivity index (χ0n) is 18.8. The standard InChI is InChI=1S/C26H28N6O/c1-16(31-14-20-11-21(31)12-27-20)19-8-10-24-29-30-26(32(24)13-19)22-9-7-18-3-2-4-23(25(18)28-22)33-15-17-5-6-17/h2-4,7-10,13,16-17,20-21,27H,5-6,11-12,14-15H2,1H3/t16-,20+,21+/m1/s1. The summed E-state index contributed by atoms with van der Waals surface area (Å²) in [4.78, 5) is 7.61. The first-order valence-corrected chi connectivity index (χ1v) is 12.1. The van der Waals surface area contributed by atoms with Crippen molar-refractivity contribution < 1.29 is 4.74 Å². The van der Waals surface area contributed by atoms with Crippen molar-refractivity contribution in [2.75, 3.05) is 19.7 Å².